The maximum Gasteiger partial charge on any atom is 0.139 e. The zero-order valence-electron chi connectivity index (χ0n) is 9.84. The fourth-order valence-corrected chi connectivity index (χ4v) is 2.52. The minimum Gasteiger partial charge on any atom is -0.397 e. The van der Waals surface area contributed by atoms with Crippen LogP contribution in [-0.4, -0.2) is 31.1 Å². The van der Waals surface area contributed by atoms with E-state index in [-0.39, 0.29) is 5.82 Å². The molecule has 0 aromatic heterocycles. The Bertz CT molecular complexity index is 411. The number of benzene rings is 1. The molecule has 0 spiro atoms. The van der Waals surface area contributed by atoms with Crippen LogP contribution >= 0.6 is 15.9 Å². The standard InChI is InChI=1S/C12H17BrFN3/c1-17-4-2-3-8(17)7-16-12-5-9(13)10(14)6-11(12)15/h5-6,8,16H,2-4,7,15H2,1H3. The Balaban J connectivity index is 2.01. The lowest BCUT2D eigenvalue weighted by molar-refractivity contribution is 0.322. The molecule has 2 rings (SSSR count). The fraction of sp³-hybridized carbons (Fsp3) is 0.500. The van der Waals surface area contributed by atoms with Crippen molar-refractivity contribution in [2.24, 2.45) is 0 Å². The van der Waals surface area contributed by atoms with Crippen molar-refractivity contribution in [2.75, 3.05) is 31.2 Å². The minimum atomic E-state index is -0.328. The number of rotatable bonds is 3. The van der Waals surface area contributed by atoms with E-state index in [1.165, 1.54) is 18.9 Å². The SMILES string of the molecule is CN1CCCC1CNc1cc(Br)c(F)cc1N. The molecule has 1 saturated heterocycles. The predicted molar refractivity (Wildman–Crippen MR) is 72.7 cm³/mol. The summed E-state index contributed by atoms with van der Waals surface area (Å²) in [5, 5.41) is 3.29. The van der Waals surface area contributed by atoms with Crippen LogP contribution < -0.4 is 11.1 Å². The number of halogens is 2. The molecule has 5 heteroatoms. The summed E-state index contributed by atoms with van der Waals surface area (Å²) in [5.74, 6) is -0.328. The lowest BCUT2D eigenvalue weighted by Crippen LogP contribution is -2.31. The molecular weight excluding hydrogens is 285 g/mol. The van der Waals surface area contributed by atoms with E-state index in [1.807, 2.05) is 0 Å². The smallest absolute Gasteiger partial charge is 0.139 e. The highest BCUT2D eigenvalue weighted by atomic mass is 79.9. The van der Waals surface area contributed by atoms with Crippen molar-refractivity contribution in [3.8, 4) is 0 Å². The summed E-state index contributed by atoms with van der Waals surface area (Å²) in [5.41, 5.74) is 7.01. The topological polar surface area (TPSA) is 41.3 Å². The number of nitrogens with one attached hydrogen (secondary N) is 1. The first-order valence-corrected chi connectivity index (χ1v) is 6.56. The first-order valence-electron chi connectivity index (χ1n) is 5.76. The van der Waals surface area contributed by atoms with Gasteiger partial charge in [-0.25, -0.2) is 4.39 Å². The summed E-state index contributed by atoms with van der Waals surface area (Å²) >= 11 is 3.16. The van der Waals surface area contributed by atoms with Gasteiger partial charge in [-0.05, 0) is 48.4 Å². The minimum absolute atomic E-state index is 0.328. The number of likely N-dealkylation sites (N-methyl/N-ethyl adjacent to an activating group) is 1. The first kappa shape index (κ1) is 12.6. The third-order valence-electron chi connectivity index (χ3n) is 3.29. The van der Waals surface area contributed by atoms with Crippen LogP contribution in [0, 0.1) is 5.82 Å². The number of hydrogen-bond acceptors (Lipinski definition) is 3. The van der Waals surface area contributed by atoms with Crippen molar-refractivity contribution in [3.05, 3.63) is 22.4 Å². The molecule has 0 bridgehead atoms. The largest absolute Gasteiger partial charge is 0.397 e. The molecule has 1 heterocycles. The van der Waals surface area contributed by atoms with E-state index in [2.05, 4.69) is 33.2 Å². The highest BCUT2D eigenvalue weighted by molar-refractivity contribution is 9.10. The van der Waals surface area contributed by atoms with Crippen LogP contribution in [0.3, 0.4) is 0 Å². The normalized spacial score (nSPS) is 20.8. The Hall–Kier alpha value is -0.810. The van der Waals surface area contributed by atoms with E-state index in [4.69, 9.17) is 5.73 Å². The summed E-state index contributed by atoms with van der Waals surface area (Å²) in [6, 6.07) is 3.57. The molecule has 0 saturated carbocycles. The van der Waals surface area contributed by atoms with Crippen LogP contribution in [0.5, 0.6) is 0 Å². The van der Waals surface area contributed by atoms with Crippen LogP contribution in [0.15, 0.2) is 16.6 Å². The molecule has 3 N–H and O–H groups in total. The highest BCUT2D eigenvalue weighted by Gasteiger charge is 2.20. The second kappa shape index (κ2) is 5.23. The molecule has 1 aliphatic rings. The third kappa shape index (κ3) is 2.90. The number of nitrogen functional groups attached to an aromatic ring is 1. The van der Waals surface area contributed by atoms with Crippen molar-refractivity contribution < 1.29 is 4.39 Å². The Labute approximate surface area is 109 Å². The number of nitrogens with two attached hydrogens (primary N) is 1. The van der Waals surface area contributed by atoms with Gasteiger partial charge in [-0.3, -0.25) is 0 Å². The molecule has 0 aliphatic carbocycles. The van der Waals surface area contributed by atoms with Crippen LogP contribution in [0.1, 0.15) is 12.8 Å². The van der Waals surface area contributed by atoms with Gasteiger partial charge in [-0.2, -0.15) is 0 Å². The van der Waals surface area contributed by atoms with E-state index in [1.54, 1.807) is 6.07 Å². The summed E-state index contributed by atoms with van der Waals surface area (Å²) in [6.07, 6.45) is 2.44. The summed E-state index contributed by atoms with van der Waals surface area (Å²) in [7, 11) is 2.13. The molecule has 3 nitrogen and oxygen atoms in total. The second-order valence-electron chi connectivity index (χ2n) is 4.51. The van der Waals surface area contributed by atoms with Gasteiger partial charge in [0.15, 0.2) is 0 Å². The van der Waals surface area contributed by atoms with Gasteiger partial charge >= 0.3 is 0 Å². The quantitative estimate of drug-likeness (QED) is 0.844. The Morgan fingerprint density at radius 1 is 1.59 bits per heavy atom. The van der Waals surface area contributed by atoms with Gasteiger partial charge in [0.05, 0.1) is 15.8 Å². The maximum atomic E-state index is 13.2. The van der Waals surface area contributed by atoms with Gasteiger partial charge in [-0.15, -0.1) is 0 Å². The monoisotopic (exact) mass is 301 g/mol. The molecule has 0 amide bonds. The molecule has 94 valence electrons. The molecule has 1 aromatic carbocycles. The Morgan fingerprint density at radius 3 is 3.00 bits per heavy atom. The van der Waals surface area contributed by atoms with Crippen molar-refractivity contribution in [1.82, 2.24) is 4.90 Å². The fourth-order valence-electron chi connectivity index (χ4n) is 2.18. The van der Waals surface area contributed by atoms with Gasteiger partial charge in [0, 0.05) is 18.7 Å². The van der Waals surface area contributed by atoms with E-state index < -0.39 is 0 Å². The van der Waals surface area contributed by atoms with E-state index >= 15 is 0 Å². The lowest BCUT2D eigenvalue weighted by atomic mass is 10.2. The average molecular weight is 302 g/mol. The molecule has 1 atom stereocenters. The van der Waals surface area contributed by atoms with Crippen molar-refractivity contribution in [3.63, 3.8) is 0 Å². The number of anilines is 2. The van der Waals surface area contributed by atoms with Crippen LogP contribution in [0.4, 0.5) is 15.8 Å². The van der Waals surface area contributed by atoms with Gasteiger partial charge < -0.3 is 16.0 Å². The van der Waals surface area contributed by atoms with E-state index in [0.717, 1.165) is 18.8 Å². The molecule has 1 unspecified atom stereocenters. The summed E-state index contributed by atoms with van der Waals surface area (Å²) in [6.45, 7) is 1.99. The van der Waals surface area contributed by atoms with Crippen molar-refractivity contribution in [2.45, 2.75) is 18.9 Å². The summed E-state index contributed by atoms with van der Waals surface area (Å²) in [4.78, 5) is 2.34. The molecule has 1 aliphatic heterocycles. The molecular formula is C12H17BrFN3. The average Bonchev–Trinajstić information content (AvgIpc) is 2.68. The number of likely N-dealkylation sites (tertiary alicyclic amines) is 1. The Kier molecular flexibility index (Phi) is 3.89. The summed E-state index contributed by atoms with van der Waals surface area (Å²) < 4.78 is 13.6. The van der Waals surface area contributed by atoms with Gasteiger partial charge in [0.25, 0.3) is 0 Å². The lowest BCUT2D eigenvalue weighted by Gasteiger charge is -2.21. The number of nitrogens with zero attached hydrogens (tertiary/aromatic N) is 1. The van der Waals surface area contributed by atoms with Crippen molar-refractivity contribution >= 4 is 27.3 Å². The predicted octanol–water partition coefficient (Wildman–Crippen LogP) is 2.68. The second-order valence-corrected chi connectivity index (χ2v) is 5.37. The van der Waals surface area contributed by atoms with Crippen LogP contribution in [-0.2, 0) is 0 Å². The van der Waals surface area contributed by atoms with Crippen molar-refractivity contribution in [1.29, 1.82) is 0 Å². The van der Waals surface area contributed by atoms with Crippen LogP contribution in [0.25, 0.3) is 0 Å². The van der Waals surface area contributed by atoms with Gasteiger partial charge in [-0.1, -0.05) is 0 Å². The number of hydrogen-bond donors (Lipinski definition) is 2. The molecule has 17 heavy (non-hydrogen) atoms. The third-order valence-corrected chi connectivity index (χ3v) is 3.90. The maximum absolute atomic E-state index is 13.2. The molecule has 1 aromatic rings. The Morgan fingerprint density at radius 2 is 2.35 bits per heavy atom. The zero-order chi connectivity index (χ0) is 12.4. The van der Waals surface area contributed by atoms with Crippen LogP contribution in [0.2, 0.25) is 0 Å². The highest BCUT2D eigenvalue weighted by Crippen LogP contribution is 2.27. The molecule has 0 radical (unpaired) electrons. The zero-order valence-corrected chi connectivity index (χ0v) is 11.4. The molecule has 1 fully saturated rings. The van der Waals surface area contributed by atoms with E-state index in [0.29, 0.717) is 16.2 Å². The van der Waals surface area contributed by atoms with Gasteiger partial charge in [0.1, 0.15) is 5.82 Å². The van der Waals surface area contributed by atoms with Gasteiger partial charge in [0.2, 0.25) is 0 Å². The first-order chi connectivity index (χ1) is 8.08. The van der Waals surface area contributed by atoms with E-state index in [9.17, 15) is 4.39 Å².